The number of carbonyl (C=O) groups is 1. The summed E-state index contributed by atoms with van der Waals surface area (Å²) in [6, 6.07) is 21.4. The molecular formula is C23H19NO2. The lowest BCUT2D eigenvalue weighted by atomic mass is 10.1. The minimum Gasteiger partial charge on any atom is -0.494 e. The minimum absolute atomic E-state index is 0.0741. The predicted molar refractivity (Wildman–Crippen MR) is 105 cm³/mol. The first-order valence-corrected chi connectivity index (χ1v) is 8.81. The zero-order chi connectivity index (χ0) is 17.9. The van der Waals surface area contributed by atoms with Gasteiger partial charge in [-0.1, -0.05) is 37.3 Å². The smallest absolute Gasteiger partial charge is 0.194 e. The molecular weight excluding hydrogens is 322 g/mol. The van der Waals surface area contributed by atoms with E-state index in [1.165, 1.54) is 0 Å². The van der Waals surface area contributed by atoms with Crippen molar-refractivity contribution in [3.8, 4) is 16.9 Å². The van der Waals surface area contributed by atoms with Crippen LogP contribution >= 0.6 is 0 Å². The lowest BCUT2D eigenvalue weighted by molar-refractivity contribution is 0.104. The SMILES string of the molecule is CCCOc1ccc(C=Nc2ccc3c(c2)C(=O)c2ccccc2-3)cc1. The van der Waals surface area contributed by atoms with E-state index in [0.29, 0.717) is 0 Å². The Morgan fingerprint density at radius 2 is 1.62 bits per heavy atom. The van der Waals surface area contributed by atoms with Crippen LogP contribution in [-0.4, -0.2) is 18.6 Å². The number of ketones is 1. The first kappa shape index (κ1) is 16.3. The number of aliphatic imine (C=N–C) groups is 1. The van der Waals surface area contributed by atoms with Gasteiger partial charge in [0, 0.05) is 17.3 Å². The largest absolute Gasteiger partial charge is 0.494 e. The van der Waals surface area contributed by atoms with E-state index in [4.69, 9.17) is 4.74 Å². The van der Waals surface area contributed by atoms with Gasteiger partial charge in [-0.15, -0.1) is 0 Å². The topological polar surface area (TPSA) is 38.7 Å². The highest BCUT2D eigenvalue weighted by molar-refractivity contribution is 6.22. The van der Waals surface area contributed by atoms with Crippen LogP contribution in [0.5, 0.6) is 5.75 Å². The van der Waals surface area contributed by atoms with E-state index >= 15 is 0 Å². The average Bonchev–Trinajstić information content (AvgIpc) is 2.98. The minimum atomic E-state index is 0.0741. The third-order valence-electron chi connectivity index (χ3n) is 4.43. The molecule has 0 saturated carbocycles. The van der Waals surface area contributed by atoms with Crippen LogP contribution in [0, 0.1) is 0 Å². The first-order valence-electron chi connectivity index (χ1n) is 8.81. The van der Waals surface area contributed by atoms with Crippen LogP contribution in [0.2, 0.25) is 0 Å². The monoisotopic (exact) mass is 341 g/mol. The fourth-order valence-electron chi connectivity index (χ4n) is 3.12. The fraction of sp³-hybridized carbons (Fsp3) is 0.130. The molecule has 128 valence electrons. The number of carbonyl (C=O) groups excluding carboxylic acids is 1. The number of nitrogens with zero attached hydrogens (tertiary/aromatic N) is 1. The van der Waals surface area contributed by atoms with Crippen molar-refractivity contribution in [3.05, 3.63) is 83.4 Å². The van der Waals surface area contributed by atoms with E-state index in [0.717, 1.165) is 52.3 Å². The second-order valence-corrected chi connectivity index (χ2v) is 6.28. The lowest BCUT2D eigenvalue weighted by Crippen LogP contribution is -1.95. The van der Waals surface area contributed by atoms with Gasteiger partial charge in [-0.3, -0.25) is 9.79 Å². The third kappa shape index (κ3) is 3.04. The van der Waals surface area contributed by atoms with E-state index in [9.17, 15) is 4.79 Å². The van der Waals surface area contributed by atoms with Crippen molar-refractivity contribution in [2.24, 2.45) is 4.99 Å². The van der Waals surface area contributed by atoms with E-state index < -0.39 is 0 Å². The van der Waals surface area contributed by atoms with Crippen molar-refractivity contribution >= 4 is 17.7 Å². The molecule has 1 aliphatic rings. The molecule has 0 radical (unpaired) electrons. The van der Waals surface area contributed by atoms with Gasteiger partial charge < -0.3 is 4.74 Å². The summed E-state index contributed by atoms with van der Waals surface area (Å²) in [6.07, 6.45) is 2.79. The van der Waals surface area contributed by atoms with Gasteiger partial charge in [-0.25, -0.2) is 0 Å². The van der Waals surface area contributed by atoms with E-state index in [-0.39, 0.29) is 5.78 Å². The van der Waals surface area contributed by atoms with Gasteiger partial charge in [0.1, 0.15) is 5.75 Å². The van der Waals surface area contributed by atoms with E-state index in [1.54, 1.807) is 6.21 Å². The Kier molecular flexibility index (Phi) is 4.36. The van der Waals surface area contributed by atoms with E-state index in [2.05, 4.69) is 11.9 Å². The molecule has 0 spiro atoms. The molecule has 3 aromatic rings. The molecule has 3 heteroatoms. The number of hydrogen-bond acceptors (Lipinski definition) is 3. The van der Waals surface area contributed by atoms with E-state index in [1.807, 2.05) is 66.7 Å². The van der Waals surface area contributed by atoms with Crippen LogP contribution < -0.4 is 4.74 Å². The second kappa shape index (κ2) is 6.96. The van der Waals surface area contributed by atoms with Gasteiger partial charge in [0.25, 0.3) is 0 Å². The van der Waals surface area contributed by atoms with Crippen molar-refractivity contribution in [1.29, 1.82) is 0 Å². The molecule has 0 saturated heterocycles. The fourth-order valence-corrected chi connectivity index (χ4v) is 3.12. The maximum atomic E-state index is 12.6. The maximum absolute atomic E-state index is 12.6. The van der Waals surface area contributed by atoms with Crippen LogP contribution in [-0.2, 0) is 0 Å². The molecule has 26 heavy (non-hydrogen) atoms. The highest BCUT2D eigenvalue weighted by Crippen LogP contribution is 2.38. The van der Waals surface area contributed by atoms with Crippen LogP contribution in [0.1, 0.15) is 34.8 Å². The maximum Gasteiger partial charge on any atom is 0.194 e. The van der Waals surface area contributed by atoms with Crippen LogP contribution in [0.15, 0.2) is 71.7 Å². The van der Waals surface area contributed by atoms with Crippen LogP contribution in [0.4, 0.5) is 5.69 Å². The molecule has 0 atom stereocenters. The zero-order valence-corrected chi connectivity index (χ0v) is 14.6. The molecule has 0 fully saturated rings. The molecule has 0 N–H and O–H groups in total. The molecule has 0 aliphatic heterocycles. The van der Waals surface area contributed by atoms with Crippen molar-refractivity contribution in [3.63, 3.8) is 0 Å². The van der Waals surface area contributed by atoms with Gasteiger partial charge >= 0.3 is 0 Å². The predicted octanol–water partition coefficient (Wildman–Crippen LogP) is 5.44. The summed E-state index contributed by atoms with van der Waals surface area (Å²) in [5, 5.41) is 0. The standard InChI is InChI=1S/C23H19NO2/c1-2-13-26-18-10-7-16(8-11-18)15-24-17-9-12-20-19-5-3-4-6-21(19)23(25)22(20)14-17/h3-12,14-15H,2,13H2,1H3. The number of hydrogen-bond donors (Lipinski definition) is 0. The molecule has 3 aromatic carbocycles. The van der Waals surface area contributed by atoms with Gasteiger partial charge in [0.2, 0.25) is 0 Å². The summed E-state index contributed by atoms with van der Waals surface area (Å²) >= 11 is 0. The summed E-state index contributed by atoms with van der Waals surface area (Å²) in [5.74, 6) is 0.940. The molecule has 0 unspecified atom stereocenters. The number of ether oxygens (including phenoxy) is 1. The van der Waals surface area contributed by atoms with Crippen molar-refractivity contribution in [2.75, 3.05) is 6.61 Å². The molecule has 3 nitrogen and oxygen atoms in total. The summed E-state index contributed by atoms with van der Waals surface area (Å²) in [5.41, 5.74) is 5.25. The van der Waals surface area contributed by atoms with Gasteiger partial charge in [-0.2, -0.15) is 0 Å². The molecule has 0 amide bonds. The Morgan fingerprint density at radius 1 is 0.885 bits per heavy atom. The van der Waals surface area contributed by atoms with Crippen molar-refractivity contribution in [1.82, 2.24) is 0 Å². The Labute approximate surface area is 153 Å². The molecule has 0 heterocycles. The summed E-state index contributed by atoms with van der Waals surface area (Å²) in [6.45, 7) is 2.81. The highest BCUT2D eigenvalue weighted by atomic mass is 16.5. The lowest BCUT2D eigenvalue weighted by Gasteiger charge is -2.04. The molecule has 0 aromatic heterocycles. The van der Waals surface area contributed by atoms with Crippen molar-refractivity contribution < 1.29 is 9.53 Å². The first-order chi connectivity index (χ1) is 12.8. The normalized spacial score (nSPS) is 12.3. The second-order valence-electron chi connectivity index (χ2n) is 6.28. The Balaban J connectivity index is 1.55. The van der Waals surface area contributed by atoms with Gasteiger partial charge in [0.05, 0.1) is 12.3 Å². The quantitative estimate of drug-likeness (QED) is 0.454. The third-order valence-corrected chi connectivity index (χ3v) is 4.43. The average molecular weight is 341 g/mol. The summed E-state index contributed by atoms with van der Waals surface area (Å²) < 4.78 is 5.58. The van der Waals surface area contributed by atoms with Crippen molar-refractivity contribution in [2.45, 2.75) is 13.3 Å². The molecule has 0 bridgehead atoms. The molecule has 4 rings (SSSR count). The zero-order valence-electron chi connectivity index (χ0n) is 14.6. The Bertz CT molecular complexity index is 987. The number of benzene rings is 3. The Hall–Kier alpha value is -3.20. The highest BCUT2D eigenvalue weighted by Gasteiger charge is 2.25. The summed E-state index contributed by atoms with van der Waals surface area (Å²) in [4.78, 5) is 17.1. The van der Waals surface area contributed by atoms with Crippen LogP contribution in [0.25, 0.3) is 11.1 Å². The number of rotatable bonds is 5. The van der Waals surface area contributed by atoms with Gasteiger partial charge in [0.15, 0.2) is 5.78 Å². The Morgan fingerprint density at radius 3 is 2.38 bits per heavy atom. The van der Waals surface area contributed by atoms with Gasteiger partial charge in [-0.05, 0) is 59.5 Å². The van der Waals surface area contributed by atoms with Crippen LogP contribution in [0.3, 0.4) is 0 Å². The molecule has 1 aliphatic carbocycles. The number of fused-ring (bicyclic) bond motifs is 3. The summed E-state index contributed by atoms with van der Waals surface area (Å²) in [7, 11) is 0.